The minimum absolute atomic E-state index is 0.0554. The van der Waals surface area contributed by atoms with Gasteiger partial charge in [-0.25, -0.2) is 12.7 Å². The van der Waals surface area contributed by atoms with E-state index in [9.17, 15) is 8.42 Å². The molecule has 0 spiro atoms. The number of sulfonamides is 1. The number of anilines is 2. The molecule has 1 saturated carbocycles. The van der Waals surface area contributed by atoms with Crippen LogP contribution in [0.25, 0.3) is 5.65 Å². The van der Waals surface area contributed by atoms with Gasteiger partial charge in [-0.2, -0.15) is 14.6 Å². The number of halogens is 1. The van der Waals surface area contributed by atoms with Gasteiger partial charge >= 0.3 is 0 Å². The zero-order chi connectivity index (χ0) is 22.2. The number of hydrogen-bond donors (Lipinski definition) is 2. The van der Waals surface area contributed by atoms with Crippen molar-refractivity contribution < 1.29 is 13.2 Å². The molecule has 0 aliphatic heterocycles. The summed E-state index contributed by atoms with van der Waals surface area (Å²) in [6.07, 6.45) is 5.18. The van der Waals surface area contributed by atoms with Gasteiger partial charge in [-0.15, -0.1) is 0 Å². The first-order valence-corrected chi connectivity index (χ1v) is 11.8. The molecule has 2 aromatic heterocycles. The highest BCUT2D eigenvalue weighted by Gasteiger charge is 2.22. The van der Waals surface area contributed by atoms with E-state index in [0.29, 0.717) is 28.1 Å². The van der Waals surface area contributed by atoms with Crippen LogP contribution in [0, 0.1) is 0 Å². The monoisotopic (exact) mass is 464 g/mol. The molecule has 3 aromatic rings. The Kier molecular flexibility index (Phi) is 6.07. The minimum Gasteiger partial charge on any atom is -0.474 e. The molecule has 3 N–H and O–H groups in total. The van der Waals surface area contributed by atoms with E-state index in [-0.39, 0.29) is 17.0 Å². The van der Waals surface area contributed by atoms with Crippen molar-refractivity contribution in [1.82, 2.24) is 18.9 Å². The van der Waals surface area contributed by atoms with E-state index in [1.807, 2.05) is 0 Å². The zero-order valence-corrected chi connectivity index (χ0v) is 18.9. The van der Waals surface area contributed by atoms with Crippen molar-refractivity contribution in [2.24, 2.45) is 5.73 Å². The molecule has 1 fully saturated rings. The van der Waals surface area contributed by atoms with Gasteiger partial charge in [0.2, 0.25) is 15.9 Å². The molecule has 0 saturated heterocycles. The smallest absolute Gasteiger partial charge is 0.242 e. The van der Waals surface area contributed by atoms with Gasteiger partial charge in [0.05, 0.1) is 11.1 Å². The molecule has 0 atom stereocenters. The van der Waals surface area contributed by atoms with E-state index in [1.54, 1.807) is 34.8 Å². The van der Waals surface area contributed by atoms with Crippen LogP contribution in [0.2, 0.25) is 5.02 Å². The average molecular weight is 465 g/mol. The van der Waals surface area contributed by atoms with Gasteiger partial charge in [0.15, 0.2) is 5.65 Å². The molecule has 1 aliphatic rings. The topological polar surface area (TPSA) is 115 Å². The van der Waals surface area contributed by atoms with E-state index < -0.39 is 10.0 Å². The lowest BCUT2D eigenvalue weighted by Gasteiger charge is -2.26. The normalized spacial score (nSPS) is 19.6. The van der Waals surface area contributed by atoms with Crippen LogP contribution < -0.4 is 15.8 Å². The van der Waals surface area contributed by atoms with Crippen LogP contribution in [0.3, 0.4) is 0 Å². The molecule has 0 amide bonds. The van der Waals surface area contributed by atoms with Gasteiger partial charge in [-0.05, 0) is 49.9 Å². The summed E-state index contributed by atoms with van der Waals surface area (Å²) in [6.45, 7) is 0. The third-order valence-corrected chi connectivity index (χ3v) is 7.41. The SMILES string of the molecule is CN(C)S(=O)(=O)c1ccc(Nc2cc(O[C@H]3CC[C@H](N)CC3)nc3c(Cl)cnn23)cc1. The predicted octanol–water partition coefficient (Wildman–Crippen LogP) is 3.03. The minimum atomic E-state index is -3.49. The first-order valence-electron chi connectivity index (χ1n) is 10.00. The van der Waals surface area contributed by atoms with Crippen molar-refractivity contribution in [3.05, 3.63) is 41.6 Å². The summed E-state index contributed by atoms with van der Waals surface area (Å²) < 4.78 is 33.4. The van der Waals surface area contributed by atoms with E-state index in [1.165, 1.54) is 24.6 Å². The summed E-state index contributed by atoms with van der Waals surface area (Å²) in [7, 11) is -0.497. The summed E-state index contributed by atoms with van der Waals surface area (Å²) in [4.78, 5) is 4.72. The van der Waals surface area contributed by atoms with Crippen molar-refractivity contribution in [1.29, 1.82) is 0 Å². The summed E-state index contributed by atoms with van der Waals surface area (Å²) >= 11 is 6.26. The Balaban J connectivity index is 1.61. The summed E-state index contributed by atoms with van der Waals surface area (Å²) in [5.74, 6) is 1.05. The fraction of sp³-hybridized carbons (Fsp3) is 0.400. The summed E-state index contributed by atoms with van der Waals surface area (Å²) in [5.41, 5.74) is 7.14. The first kappa shape index (κ1) is 21.8. The molecule has 9 nitrogen and oxygen atoms in total. The Morgan fingerprint density at radius 1 is 1.19 bits per heavy atom. The number of nitrogens with one attached hydrogen (secondary N) is 1. The molecule has 166 valence electrons. The van der Waals surface area contributed by atoms with Crippen LogP contribution >= 0.6 is 11.6 Å². The van der Waals surface area contributed by atoms with Gasteiger partial charge in [0.25, 0.3) is 0 Å². The van der Waals surface area contributed by atoms with E-state index >= 15 is 0 Å². The van der Waals surface area contributed by atoms with Gasteiger partial charge in [0.1, 0.15) is 16.9 Å². The second-order valence-electron chi connectivity index (χ2n) is 7.80. The van der Waals surface area contributed by atoms with Gasteiger partial charge < -0.3 is 15.8 Å². The Morgan fingerprint density at radius 2 is 1.87 bits per heavy atom. The largest absolute Gasteiger partial charge is 0.474 e. The van der Waals surface area contributed by atoms with Crippen molar-refractivity contribution in [2.45, 2.75) is 42.7 Å². The Labute approximate surface area is 186 Å². The van der Waals surface area contributed by atoms with Crippen LogP contribution in [-0.4, -0.2) is 53.6 Å². The highest BCUT2D eigenvalue weighted by atomic mass is 35.5. The van der Waals surface area contributed by atoms with Crippen molar-refractivity contribution in [2.75, 3.05) is 19.4 Å². The predicted molar refractivity (Wildman–Crippen MR) is 119 cm³/mol. The lowest BCUT2D eigenvalue weighted by Crippen LogP contribution is -2.31. The zero-order valence-electron chi connectivity index (χ0n) is 17.3. The van der Waals surface area contributed by atoms with E-state index in [0.717, 1.165) is 25.7 Å². The Morgan fingerprint density at radius 3 is 2.52 bits per heavy atom. The Hall–Kier alpha value is -2.40. The number of fused-ring (bicyclic) bond motifs is 1. The first-order chi connectivity index (χ1) is 14.7. The highest BCUT2D eigenvalue weighted by molar-refractivity contribution is 7.89. The molecule has 11 heteroatoms. The van der Waals surface area contributed by atoms with E-state index in [2.05, 4.69) is 15.4 Å². The summed E-state index contributed by atoms with van der Waals surface area (Å²) in [6, 6.07) is 8.48. The van der Waals surface area contributed by atoms with Gasteiger partial charge in [-0.1, -0.05) is 11.6 Å². The summed E-state index contributed by atoms with van der Waals surface area (Å²) in [5, 5.41) is 7.93. The number of nitrogens with two attached hydrogens (primary N) is 1. The molecule has 0 radical (unpaired) electrons. The molecule has 2 heterocycles. The molecule has 31 heavy (non-hydrogen) atoms. The number of rotatable bonds is 6. The average Bonchev–Trinajstić information content (AvgIpc) is 3.11. The second-order valence-corrected chi connectivity index (χ2v) is 10.4. The maximum atomic E-state index is 12.3. The van der Waals surface area contributed by atoms with Crippen LogP contribution in [0.5, 0.6) is 5.88 Å². The Bertz CT molecular complexity index is 1170. The maximum Gasteiger partial charge on any atom is 0.242 e. The standard InChI is InChI=1S/C20H25ClN6O3S/c1-26(2)31(28,29)16-9-5-14(6-10-16)24-18-11-19(25-20-17(21)12-23-27(18)20)30-15-7-3-13(22)4-8-15/h5-6,9-13,15,24H,3-4,7-8,22H2,1-2H3/t13-,15-. The van der Waals surface area contributed by atoms with Crippen molar-refractivity contribution in [3.8, 4) is 5.88 Å². The third kappa shape index (κ3) is 4.62. The lowest BCUT2D eigenvalue weighted by atomic mass is 9.94. The van der Waals surface area contributed by atoms with Crippen molar-refractivity contribution in [3.63, 3.8) is 0 Å². The molecule has 1 aliphatic carbocycles. The molecule has 0 unspecified atom stereocenters. The number of hydrogen-bond acceptors (Lipinski definition) is 7. The highest BCUT2D eigenvalue weighted by Crippen LogP contribution is 2.28. The molecule has 0 bridgehead atoms. The second kappa shape index (κ2) is 8.62. The molecule has 4 rings (SSSR count). The van der Waals surface area contributed by atoms with Crippen LogP contribution in [-0.2, 0) is 10.0 Å². The lowest BCUT2D eigenvalue weighted by molar-refractivity contribution is 0.141. The molecular weight excluding hydrogens is 440 g/mol. The maximum absolute atomic E-state index is 12.3. The van der Waals surface area contributed by atoms with Gasteiger partial charge in [0, 0.05) is 31.9 Å². The van der Waals surface area contributed by atoms with Crippen molar-refractivity contribution >= 4 is 38.8 Å². The van der Waals surface area contributed by atoms with Crippen LogP contribution in [0.15, 0.2) is 41.4 Å². The van der Waals surface area contributed by atoms with Gasteiger partial charge in [-0.3, -0.25) is 0 Å². The quantitative estimate of drug-likeness (QED) is 0.576. The number of aromatic nitrogens is 3. The number of benzene rings is 1. The van der Waals surface area contributed by atoms with Crippen LogP contribution in [0.1, 0.15) is 25.7 Å². The van der Waals surface area contributed by atoms with E-state index in [4.69, 9.17) is 22.1 Å². The third-order valence-electron chi connectivity index (χ3n) is 5.32. The fourth-order valence-electron chi connectivity index (χ4n) is 3.51. The molecular formula is C20H25ClN6O3S. The number of nitrogens with zero attached hydrogens (tertiary/aromatic N) is 4. The van der Waals surface area contributed by atoms with Crippen LogP contribution in [0.4, 0.5) is 11.5 Å². The molecule has 1 aromatic carbocycles. The fourth-order valence-corrected chi connectivity index (χ4v) is 4.58. The number of ether oxygens (including phenoxy) is 1.